The molecule has 0 atom stereocenters. The molecule has 9 nitrogen and oxygen atoms in total. The summed E-state index contributed by atoms with van der Waals surface area (Å²) in [5.41, 5.74) is 1.89. The first-order chi connectivity index (χ1) is 11.7. The Morgan fingerprint density at radius 3 is 1.68 bits per heavy atom. The normalized spacial score (nSPS) is 21.2. The molecule has 3 saturated heterocycles. The summed E-state index contributed by atoms with van der Waals surface area (Å²) in [6.07, 6.45) is 1.52. The Hall–Kier alpha value is -1.38. The first kappa shape index (κ1) is 19.9. The van der Waals surface area contributed by atoms with Crippen molar-refractivity contribution in [2.45, 2.75) is 6.92 Å². The summed E-state index contributed by atoms with van der Waals surface area (Å²) in [6, 6.07) is 0. The average Bonchev–Trinajstić information content (AvgIpc) is 3.36. The van der Waals surface area contributed by atoms with Gasteiger partial charge in [-0.3, -0.25) is 9.59 Å². The predicted molar refractivity (Wildman–Crippen MR) is 90.5 cm³/mol. The smallest absolute Gasteiger partial charge is 0.365 e. The first-order valence-corrected chi connectivity index (χ1v) is 9.91. The maximum atomic E-state index is 12.4. The molecule has 0 radical (unpaired) electrons. The number of hydrogen-bond donors (Lipinski definition) is 3. The third kappa shape index (κ3) is 6.13. The van der Waals surface area contributed by atoms with Crippen LogP contribution < -0.4 is 0 Å². The van der Waals surface area contributed by atoms with Gasteiger partial charge in [-0.1, -0.05) is 6.92 Å². The molecule has 0 spiro atoms. The predicted octanol–water partition coefficient (Wildman–Crippen LogP) is -0.503. The molecule has 3 heterocycles. The zero-order valence-corrected chi connectivity index (χ0v) is 15.4. The number of Topliss-reactive ketones (excluding diaryl/α,β-unsaturated/α-hetero) is 1. The van der Waals surface area contributed by atoms with Gasteiger partial charge in [0.25, 0.3) is 0 Å². The summed E-state index contributed by atoms with van der Waals surface area (Å²) in [4.78, 5) is 52.0. The molecule has 4 aliphatic rings. The second-order valence-corrected chi connectivity index (χ2v) is 7.22. The fraction of sp³-hybridized carbons (Fsp3) is 0.571. The van der Waals surface area contributed by atoms with E-state index in [1.165, 1.54) is 6.08 Å². The highest BCUT2D eigenvalue weighted by molar-refractivity contribution is 7.45. The van der Waals surface area contributed by atoms with Crippen LogP contribution in [0.3, 0.4) is 0 Å². The molecule has 0 aromatic rings. The Morgan fingerprint density at radius 1 is 0.960 bits per heavy atom. The zero-order valence-electron chi connectivity index (χ0n) is 13.8. The van der Waals surface area contributed by atoms with Gasteiger partial charge in [-0.05, 0) is 0 Å². The van der Waals surface area contributed by atoms with Crippen molar-refractivity contribution in [1.29, 1.82) is 0 Å². The van der Waals surface area contributed by atoms with Gasteiger partial charge in [-0.15, -0.1) is 11.6 Å². The zero-order chi connectivity index (χ0) is 18.8. The molecular formula is C14H21ClN3O6P. The Labute approximate surface area is 150 Å². The van der Waals surface area contributed by atoms with E-state index in [-0.39, 0.29) is 11.6 Å². The van der Waals surface area contributed by atoms with E-state index < -0.39 is 7.82 Å². The molecule has 4 rings (SSSR count). The van der Waals surface area contributed by atoms with Crippen molar-refractivity contribution in [3.8, 4) is 0 Å². The topological polar surface area (TPSA) is 121 Å². The fourth-order valence-electron chi connectivity index (χ4n) is 2.28. The van der Waals surface area contributed by atoms with E-state index in [2.05, 4.69) is 0 Å². The Balaban J connectivity index is 0.000000242. The minimum absolute atomic E-state index is 0.00546. The maximum absolute atomic E-state index is 12.4. The van der Waals surface area contributed by atoms with Crippen LogP contribution in [-0.4, -0.2) is 86.1 Å². The van der Waals surface area contributed by atoms with Crippen LogP contribution in [0, 0.1) is 0 Å². The molecule has 0 saturated carbocycles. The number of rotatable bonds is 3. The quantitative estimate of drug-likeness (QED) is 0.252. The molecule has 0 unspecified atom stereocenters. The van der Waals surface area contributed by atoms with E-state index in [1.807, 2.05) is 21.6 Å². The summed E-state index contributed by atoms with van der Waals surface area (Å²) in [6.45, 7) is 7.30. The van der Waals surface area contributed by atoms with E-state index in [0.717, 1.165) is 45.1 Å². The van der Waals surface area contributed by atoms with E-state index >= 15 is 0 Å². The van der Waals surface area contributed by atoms with Gasteiger partial charge in [0.15, 0.2) is 0 Å². The minimum Gasteiger partial charge on any atom is -0.365 e. The number of allylic oxidation sites excluding steroid dienone is 1. The third-order valence-electron chi connectivity index (χ3n) is 3.49. The first-order valence-electron chi connectivity index (χ1n) is 7.81. The largest absolute Gasteiger partial charge is 0.466 e. The molecule has 3 N–H and O–H groups in total. The number of alkyl halides is 1. The number of phosphoric acid groups is 1. The lowest BCUT2D eigenvalue weighted by Gasteiger charge is -2.21. The van der Waals surface area contributed by atoms with Gasteiger partial charge in [0.1, 0.15) is 11.4 Å². The Morgan fingerprint density at radius 2 is 1.32 bits per heavy atom. The van der Waals surface area contributed by atoms with E-state index in [1.54, 1.807) is 0 Å². The molecule has 11 heteroatoms. The monoisotopic (exact) mass is 393 g/mol. The lowest BCUT2D eigenvalue weighted by molar-refractivity contribution is -0.117. The van der Waals surface area contributed by atoms with Gasteiger partial charge in [-0.2, -0.15) is 0 Å². The van der Waals surface area contributed by atoms with Gasteiger partial charge < -0.3 is 29.4 Å². The highest BCUT2D eigenvalue weighted by atomic mass is 35.5. The van der Waals surface area contributed by atoms with Crippen LogP contribution in [0.2, 0.25) is 0 Å². The van der Waals surface area contributed by atoms with Crippen molar-refractivity contribution in [3.05, 3.63) is 23.2 Å². The van der Waals surface area contributed by atoms with Gasteiger partial charge >= 0.3 is 7.82 Å². The second kappa shape index (κ2) is 7.88. The van der Waals surface area contributed by atoms with E-state index in [9.17, 15) is 9.59 Å². The number of carbonyl (C=O) groups is 2. The van der Waals surface area contributed by atoms with Crippen LogP contribution in [0.5, 0.6) is 0 Å². The third-order valence-corrected chi connectivity index (χ3v) is 3.49. The fourth-order valence-corrected chi connectivity index (χ4v) is 2.28. The maximum Gasteiger partial charge on any atom is 0.466 e. The average molecular weight is 394 g/mol. The van der Waals surface area contributed by atoms with Crippen molar-refractivity contribution < 1.29 is 28.8 Å². The summed E-state index contributed by atoms with van der Waals surface area (Å²) in [5.74, 6) is 0.771. The summed E-state index contributed by atoms with van der Waals surface area (Å²) in [5, 5.41) is 0. The number of carbonyl (C=O) groups excluding carboxylic acids is 2. The highest BCUT2D eigenvalue weighted by Gasteiger charge is 2.43. The molecule has 0 aromatic heterocycles. The summed E-state index contributed by atoms with van der Waals surface area (Å²) in [7, 11) is -4.64. The lowest BCUT2D eigenvalue weighted by atomic mass is 10.0. The van der Waals surface area contributed by atoms with Crippen molar-refractivity contribution in [2.24, 2.45) is 0 Å². The summed E-state index contributed by atoms with van der Waals surface area (Å²) < 4.78 is 8.88. The van der Waals surface area contributed by atoms with Crippen molar-refractivity contribution in [1.82, 2.24) is 14.7 Å². The van der Waals surface area contributed by atoms with Crippen molar-refractivity contribution in [3.63, 3.8) is 0 Å². The standard InChI is InChI=1S/C12H13N3O2.C2H5Cl.H3O4P/c16-9-7-8(13-1-2-13)12(17)11(15-5-6-15)10(9)14-3-4-14;1-2-3;1-5(2,3)4/h7H,1-6H2;2H2,1H3;(H3,1,2,3,4). The van der Waals surface area contributed by atoms with Crippen LogP contribution in [-0.2, 0) is 14.2 Å². The van der Waals surface area contributed by atoms with Crippen LogP contribution in [0.4, 0.5) is 0 Å². The molecule has 25 heavy (non-hydrogen) atoms. The molecule has 3 fully saturated rings. The molecular weight excluding hydrogens is 373 g/mol. The van der Waals surface area contributed by atoms with Gasteiger partial charge in [0.05, 0.1) is 5.70 Å². The van der Waals surface area contributed by atoms with E-state index in [0.29, 0.717) is 17.1 Å². The lowest BCUT2D eigenvalue weighted by Crippen LogP contribution is -2.29. The molecule has 140 valence electrons. The number of ketones is 2. The Bertz CT molecular complexity index is 653. The number of hydrogen-bond acceptors (Lipinski definition) is 6. The molecule has 3 aliphatic heterocycles. The molecule has 0 aromatic carbocycles. The van der Waals surface area contributed by atoms with Crippen LogP contribution in [0.15, 0.2) is 23.2 Å². The highest BCUT2D eigenvalue weighted by Crippen LogP contribution is 2.33. The number of nitrogens with zero attached hydrogens (tertiary/aromatic N) is 3. The SMILES string of the molecule is CCCl.O=C1C=C(N2CC2)C(=O)C(N2CC2)=C1N1CC1.O=P(O)(O)O. The van der Waals surface area contributed by atoms with Gasteiger partial charge in [-0.25, -0.2) is 4.57 Å². The molecule has 0 bridgehead atoms. The van der Waals surface area contributed by atoms with Crippen LogP contribution >= 0.6 is 19.4 Å². The minimum atomic E-state index is -4.64. The number of halogens is 1. The van der Waals surface area contributed by atoms with Crippen LogP contribution in [0.1, 0.15) is 6.92 Å². The van der Waals surface area contributed by atoms with Crippen molar-refractivity contribution >= 4 is 31.0 Å². The van der Waals surface area contributed by atoms with Gasteiger partial charge in [0, 0.05) is 51.2 Å². The van der Waals surface area contributed by atoms with Crippen molar-refractivity contribution in [2.75, 3.05) is 45.1 Å². The van der Waals surface area contributed by atoms with Crippen LogP contribution in [0.25, 0.3) is 0 Å². The van der Waals surface area contributed by atoms with E-state index in [4.69, 9.17) is 30.8 Å². The second-order valence-electron chi connectivity index (χ2n) is 5.66. The summed E-state index contributed by atoms with van der Waals surface area (Å²) >= 11 is 5.00. The Kier molecular flexibility index (Phi) is 6.29. The molecule has 1 aliphatic carbocycles. The van der Waals surface area contributed by atoms with Gasteiger partial charge in [0.2, 0.25) is 11.6 Å². The molecule has 0 amide bonds.